The molecule has 0 saturated heterocycles. The number of amides is 1. The molecule has 2 aromatic carbocycles. The Balaban J connectivity index is 1.47. The number of pyridine rings is 1. The Bertz CT molecular complexity index is 1270. The van der Waals surface area contributed by atoms with Gasteiger partial charge in [0.2, 0.25) is 5.89 Å². The van der Waals surface area contributed by atoms with Gasteiger partial charge in [0.05, 0.1) is 16.8 Å². The third kappa shape index (κ3) is 2.90. The number of para-hydroxylation sites is 1. The number of fused-ring (bicyclic) bond motifs is 2. The highest BCUT2D eigenvalue weighted by molar-refractivity contribution is 6.33. The van der Waals surface area contributed by atoms with Gasteiger partial charge >= 0.3 is 0 Å². The van der Waals surface area contributed by atoms with Gasteiger partial charge in [-0.15, -0.1) is 0 Å². The number of oxazole rings is 1. The first-order valence-corrected chi connectivity index (χ1v) is 8.85. The molecule has 3 heterocycles. The number of rotatable bonds is 3. The maximum absolute atomic E-state index is 12.6. The molecule has 1 N–H and O–H groups in total. The van der Waals surface area contributed by atoms with Gasteiger partial charge in [-0.2, -0.15) is 0 Å². The minimum atomic E-state index is -0.355. The van der Waals surface area contributed by atoms with Crippen LogP contribution in [0.25, 0.3) is 33.5 Å². The van der Waals surface area contributed by atoms with E-state index in [2.05, 4.69) is 15.3 Å². The molecule has 6 nitrogen and oxygen atoms in total. The number of furan rings is 1. The normalized spacial score (nSPS) is 11.2. The Morgan fingerprint density at radius 1 is 1.00 bits per heavy atom. The first-order valence-electron chi connectivity index (χ1n) is 8.48. The number of hydrogen-bond acceptors (Lipinski definition) is 5. The predicted molar refractivity (Wildman–Crippen MR) is 106 cm³/mol. The summed E-state index contributed by atoms with van der Waals surface area (Å²) in [4.78, 5) is 21.0. The fraction of sp³-hybridized carbons (Fsp3) is 0. The van der Waals surface area contributed by atoms with Gasteiger partial charge in [-0.05, 0) is 30.3 Å². The van der Waals surface area contributed by atoms with Crippen molar-refractivity contribution in [2.75, 3.05) is 5.32 Å². The summed E-state index contributed by atoms with van der Waals surface area (Å²) in [5.41, 5.74) is 3.01. The van der Waals surface area contributed by atoms with Gasteiger partial charge in [-0.1, -0.05) is 29.8 Å². The topological polar surface area (TPSA) is 81.2 Å². The summed E-state index contributed by atoms with van der Waals surface area (Å²) in [6.45, 7) is 0. The molecule has 1 amide bonds. The average molecular weight is 390 g/mol. The van der Waals surface area contributed by atoms with Crippen LogP contribution in [0.3, 0.4) is 0 Å². The van der Waals surface area contributed by atoms with E-state index < -0.39 is 0 Å². The quantitative estimate of drug-likeness (QED) is 0.438. The summed E-state index contributed by atoms with van der Waals surface area (Å²) in [6, 6.07) is 16.0. The largest absolute Gasteiger partial charge is 0.451 e. The number of aromatic nitrogens is 2. The van der Waals surface area contributed by atoms with Crippen LogP contribution in [0.2, 0.25) is 5.02 Å². The molecule has 0 atom stereocenters. The molecular weight excluding hydrogens is 378 g/mol. The molecule has 0 spiro atoms. The van der Waals surface area contributed by atoms with Gasteiger partial charge < -0.3 is 14.2 Å². The Hall–Kier alpha value is -3.64. The van der Waals surface area contributed by atoms with Crippen LogP contribution >= 0.6 is 11.6 Å². The summed E-state index contributed by atoms with van der Waals surface area (Å²) < 4.78 is 11.4. The standard InChI is InChI=1S/C21H12ClN3O3/c22-15-6-5-13(10-14(15)21-25-16-11-23-8-7-18(16)28-21)24-20(26)19-9-12-3-1-2-4-17(12)27-19/h1-11H,(H,24,26). The Morgan fingerprint density at radius 3 is 2.75 bits per heavy atom. The lowest BCUT2D eigenvalue weighted by Crippen LogP contribution is -2.10. The second kappa shape index (κ2) is 6.51. The van der Waals surface area contributed by atoms with E-state index in [1.807, 2.05) is 24.3 Å². The van der Waals surface area contributed by atoms with Crippen molar-refractivity contribution < 1.29 is 13.6 Å². The second-order valence-corrected chi connectivity index (χ2v) is 6.57. The summed E-state index contributed by atoms with van der Waals surface area (Å²) in [6.07, 6.45) is 3.24. The number of halogens is 1. The first kappa shape index (κ1) is 16.5. The number of anilines is 1. The van der Waals surface area contributed by atoms with Gasteiger partial charge in [0.1, 0.15) is 11.1 Å². The lowest BCUT2D eigenvalue weighted by Gasteiger charge is -2.06. The van der Waals surface area contributed by atoms with E-state index in [1.165, 1.54) is 0 Å². The van der Waals surface area contributed by atoms with Crippen LogP contribution in [0.4, 0.5) is 5.69 Å². The maximum Gasteiger partial charge on any atom is 0.291 e. The third-order valence-electron chi connectivity index (χ3n) is 4.29. The SMILES string of the molecule is O=C(Nc1ccc(Cl)c(-c2nc3cnccc3o2)c1)c1cc2ccccc2o1. The van der Waals surface area contributed by atoms with Crippen molar-refractivity contribution in [2.24, 2.45) is 0 Å². The Kier molecular flexibility index (Phi) is 3.84. The zero-order valence-electron chi connectivity index (χ0n) is 14.3. The number of hydrogen-bond donors (Lipinski definition) is 1. The summed E-state index contributed by atoms with van der Waals surface area (Å²) >= 11 is 6.32. The minimum absolute atomic E-state index is 0.227. The fourth-order valence-electron chi connectivity index (χ4n) is 2.95. The number of nitrogens with one attached hydrogen (secondary N) is 1. The van der Waals surface area contributed by atoms with E-state index in [0.29, 0.717) is 38.8 Å². The molecule has 5 aromatic rings. The van der Waals surface area contributed by atoms with Gasteiger partial charge in [0, 0.05) is 23.3 Å². The van der Waals surface area contributed by atoms with E-state index in [1.54, 1.807) is 42.7 Å². The van der Waals surface area contributed by atoms with Crippen LogP contribution in [-0.4, -0.2) is 15.9 Å². The van der Waals surface area contributed by atoms with Crippen molar-refractivity contribution in [1.29, 1.82) is 0 Å². The average Bonchev–Trinajstić information content (AvgIpc) is 3.33. The minimum Gasteiger partial charge on any atom is -0.451 e. The molecule has 28 heavy (non-hydrogen) atoms. The van der Waals surface area contributed by atoms with E-state index >= 15 is 0 Å². The van der Waals surface area contributed by atoms with Crippen LogP contribution in [-0.2, 0) is 0 Å². The smallest absolute Gasteiger partial charge is 0.291 e. The predicted octanol–water partition coefficient (Wildman–Crippen LogP) is 5.54. The van der Waals surface area contributed by atoms with Crippen molar-refractivity contribution in [3.8, 4) is 11.5 Å². The highest BCUT2D eigenvalue weighted by Gasteiger charge is 2.16. The monoisotopic (exact) mass is 389 g/mol. The van der Waals surface area contributed by atoms with E-state index in [-0.39, 0.29) is 11.7 Å². The van der Waals surface area contributed by atoms with Gasteiger partial charge in [0.25, 0.3) is 5.91 Å². The zero-order chi connectivity index (χ0) is 19.1. The van der Waals surface area contributed by atoms with Gasteiger partial charge in [-0.25, -0.2) is 4.98 Å². The van der Waals surface area contributed by atoms with E-state index in [0.717, 1.165) is 5.39 Å². The number of carbonyl (C=O) groups excluding carboxylic acids is 1. The number of carbonyl (C=O) groups is 1. The molecule has 3 aromatic heterocycles. The summed E-state index contributed by atoms with van der Waals surface area (Å²) in [7, 11) is 0. The van der Waals surface area contributed by atoms with Crippen LogP contribution in [0.1, 0.15) is 10.6 Å². The Morgan fingerprint density at radius 2 is 1.89 bits per heavy atom. The van der Waals surface area contributed by atoms with Crippen molar-refractivity contribution in [3.63, 3.8) is 0 Å². The van der Waals surface area contributed by atoms with Gasteiger partial charge in [0.15, 0.2) is 11.3 Å². The molecule has 0 aliphatic carbocycles. The second-order valence-electron chi connectivity index (χ2n) is 6.16. The molecule has 5 rings (SSSR count). The molecule has 0 radical (unpaired) electrons. The fourth-order valence-corrected chi connectivity index (χ4v) is 3.15. The van der Waals surface area contributed by atoms with Crippen molar-refractivity contribution in [3.05, 3.63) is 77.8 Å². The van der Waals surface area contributed by atoms with E-state index in [9.17, 15) is 4.79 Å². The van der Waals surface area contributed by atoms with Crippen LogP contribution in [0, 0.1) is 0 Å². The summed E-state index contributed by atoms with van der Waals surface area (Å²) in [5.74, 6) is 0.227. The molecule has 0 aliphatic rings. The molecule has 0 unspecified atom stereocenters. The maximum atomic E-state index is 12.6. The number of benzene rings is 2. The highest BCUT2D eigenvalue weighted by atomic mass is 35.5. The number of nitrogens with zero attached hydrogens (tertiary/aromatic N) is 2. The van der Waals surface area contributed by atoms with Crippen LogP contribution in [0.5, 0.6) is 0 Å². The molecule has 0 aliphatic heterocycles. The summed E-state index contributed by atoms with van der Waals surface area (Å²) in [5, 5.41) is 4.14. The first-order chi connectivity index (χ1) is 13.7. The molecular formula is C21H12ClN3O3. The van der Waals surface area contributed by atoms with Crippen LogP contribution < -0.4 is 5.32 Å². The van der Waals surface area contributed by atoms with Crippen molar-refractivity contribution in [2.45, 2.75) is 0 Å². The van der Waals surface area contributed by atoms with Crippen molar-refractivity contribution >= 4 is 45.3 Å². The Labute approximate surface area is 163 Å². The molecule has 7 heteroatoms. The highest BCUT2D eigenvalue weighted by Crippen LogP contribution is 2.32. The molecule has 136 valence electrons. The van der Waals surface area contributed by atoms with E-state index in [4.69, 9.17) is 20.4 Å². The molecule has 0 saturated carbocycles. The van der Waals surface area contributed by atoms with Crippen molar-refractivity contribution in [1.82, 2.24) is 9.97 Å². The van der Waals surface area contributed by atoms with Crippen LogP contribution in [0.15, 0.2) is 75.8 Å². The lowest BCUT2D eigenvalue weighted by molar-refractivity contribution is 0.0998. The zero-order valence-corrected chi connectivity index (χ0v) is 15.1. The lowest BCUT2D eigenvalue weighted by atomic mass is 10.2. The third-order valence-corrected chi connectivity index (χ3v) is 4.62. The molecule has 0 fully saturated rings. The van der Waals surface area contributed by atoms with Gasteiger partial charge in [-0.3, -0.25) is 9.78 Å². The molecule has 0 bridgehead atoms.